The Kier molecular flexibility index (Phi) is 4.11. The highest BCUT2D eigenvalue weighted by atomic mass is 32.1. The Morgan fingerprint density at radius 2 is 2.05 bits per heavy atom. The average Bonchev–Trinajstić information content (AvgIpc) is 3.12. The first-order chi connectivity index (χ1) is 10.5. The fraction of sp³-hybridized carbons (Fsp3) is 0.438. The first-order valence-electron chi connectivity index (χ1n) is 7.37. The Balaban J connectivity index is 1.65. The zero-order valence-electron chi connectivity index (χ0n) is 12.4. The van der Waals surface area contributed by atoms with E-state index in [1.165, 1.54) is 0 Å². The van der Waals surface area contributed by atoms with Gasteiger partial charge in [0.25, 0.3) is 0 Å². The maximum Gasteiger partial charge on any atom is 0.306 e. The first kappa shape index (κ1) is 15.0. The van der Waals surface area contributed by atoms with Crippen molar-refractivity contribution in [3.63, 3.8) is 0 Å². The average molecular weight is 318 g/mol. The standard InChI is InChI=1S/C16H18N2O3S/c1-18(15(19)10-6-7-11(8-10)16(20)21)9-14-17-12-4-2-3-5-13(12)22-14/h2-5,10-11H,6-9H2,1H3,(H,20,21)/t10-,11+/m1/s1. The molecule has 1 aliphatic carbocycles. The molecule has 6 heteroatoms. The Morgan fingerprint density at radius 1 is 1.32 bits per heavy atom. The number of hydrogen-bond donors (Lipinski definition) is 1. The summed E-state index contributed by atoms with van der Waals surface area (Å²) in [5.41, 5.74) is 0.954. The first-order valence-corrected chi connectivity index (χ1v) is 8.18. The summed E-state index contributed by atoms with van der Waals surface area (Å²) in [7, 11) is 1.77. The van der Waals surface area contributed by atoms with E-state index in [-0.39, 0.29) is 17.7 Å². The van der Waals surface area contributed by atoms with Crippen LogP contribution in [0.5, 0.6) is 0 Å². The fourth-order valence-electron chi connectivity index (χ4n) is 3.01. The van der Waals surface area contributed by atoms with E-state index in [1.807, 2.05) is 24.3 Å². The molecule has 0 aliphatic heterocycles. The number of amides is 1. The lowest BCUT2D eigenvalue weighted by molar-refractivity contribution is -0.141. The van der Waals surface area contributed by atoms with Crippen LogP contribution in [0.3, 0.4) is 0 Å². The number of carbonyl (C=O) groups excluding carboxylic acids is 1. The van der Waals surface area contributed by atoms with E-state index in [1.54, 1.807) is 23.3 Å². The Hall–Kier alpha value is -1.95. The van der Waals surface area contributed by atoms with Crippen LogP contribution >= 0.6 is 11.3 Å². The molecule has 1 aromatic carbocycles. The van der Waals surface area contributed by atoms with Crippen LogP contribution in [0.4, 0.5) is 0 Å². The molecule has 1 saturated carbocycles. The lowest BCUT2D eigenvalue weighted by Crippen LogP contribution is -2.31. The molecule has 1 heterocycles. The molecule has 2 aromatic rings. The van der Waals surface area contributed by atoms with E-state index in [0.29, 0.717) is 25.8 Å². The number of benzene rings is 1. The molecule has 0 radical (unpaired) electrons. The molecular formula is C16H18N2O3S. The Morgan fingerprint density at radius 3 is 2.73 bits per heavy atom. The summed E-state index contributed by atoms with van der Waals surface area (Å²) in [4.78, 5) is 29.6. The molecule has 0 spiro atoms. The van der Waals surface area contributed by atoms with Gasteiger partial charge in [-0.2, -0.15) is 0 Å². The molecule has 1 N–H and O–H groups in total. The highest BCUT2D eigenvalue weighted by molar-refractivity contribution is 7.18. The maximum absolute atomic E-state index is 12.4. The molecular weight excluding hydrogens is 300 g/mol. The van der Waals surface area contributed by atoms with Gasteiger partial charge < -0.3 is 10.0 Å². The van der Waals surface area contributed by atoms with E-state index < -0.39 is 5.97 Å². The van der Waals surface area contributed by atoms with Gasteiger partial charge in [-0.05, 0) is 31.4 Å². The van der Waals surface area contributed by atoms with Crippen LogP contribution in [-0.2, 0) is 16.1 Å². The highest BCUT2D eigenvalue weighted by Crippen LogP contribution is 2.32. The van der Waals surface area contributed by atoms with Gasteiger partial charge in [0.15, 0.2) is 0 Å². The van der Waals surface area contributed by atoms with Gasteiger partial charge >= 0.3 is 5.97 Å². The van der Waals surface area contributed by atoms with Crippen LogP contribution in [0.15, 0.2) is 24.3 Å². The predicted molar refractivity (Wildman–Crippen MR) is 84.6 cm³/mol. The number of para-hydroxylation sites is 1. The quantitative estimate of drug-likeness (QED) is 0.941. The third kappa shape index (κ3) is 2.97. The number of thiazole rings is 1. The minimum Gasteiger partial charge on any atom is -0.481 e. The van der Waals surface area contributed by atoms with Crippen LogP contribution in [0, 0.1) is 11.8 Å². The molecule has 3 rings (SSSR count). The molecule has 0 saturated heterocycles. The van der Waals surface area contributed by atoms with Crippen LogP contribution in [-0.4, -0.2) is 33.9 Å². The monoisotopic (exact) mass is 318 g/mol. The molecule has 1 aliphatic rings. The lowest BCUT2D eigenvalue weighted by Gasteiger charge is -2.19. The van der Waals surface area contributed by atoms with Crippen molar-refractivity contribution in [3.8, 4) is 0 Å². The van der Waals surface area contributed by atoms with Gasteiger partial charge in [0, 0.05) is 13.0 Å². The second kappa shape index (κ2) is 6.04. The van der Waals surface area contributed by atoms with Crippen molar-refractivity contribution >= 4 is 33.4 Å². The van der Waals surface area contributed by atoms with Crippen molar-refractivity contribution in [1.82, 2.24) is 9.88 Å². The van der Waals surface area contributed by atoms with Crippen LogP contribution in [0.1, 0.15) is 24.3 Å². The molecule has 1 aromatic heterocycles. The highest BCUT2D eigenvalue weighted by Gasteiger charge is 2.35. The van der Waals surface area contributed by atoms with E-state index in [4.69, 9.17) is 5.11 Å². The Bertz CT molecular complexity index is 679. The summed E-state index contributed by atoms with van der Waals surface area (Å²) in [5, 5.41) is 9.94. The third-order valence-corrected chi connectivity index (χ3v) is 5.24. The van der Waals surface area contributed by atoms with E-state index in [0.717, 1.165) is 15.2 Å². The summed E-state index contributed by atoms with van der Waals surface area (Å²) in [6.07, 6.45) is 1.72. The number of hydrogen-bond acceptors (Lipinski definition) is 4. The molecule has 1 fully saturated rings. The molecule has 0 bridgehead atoms. The van der Waals surface area contributed by atoms with Gasteiger partial charge in [0.2, 0.25) is 5.91 Å². The van der Waals surface area contributed by atoms with Gasteiger partial charge in [-0.1, -0.05) is 12.1 Å². The number of carbonyl (C=O) groups is 2. The van der Waals surface area contributed by atoms with Gasteiger partial charge in [0.05, 0.1) is 22.7 Å². The van der Waals surface area contributed by atoms with Crippen molar-refractivity contribution in [1.29, 1.82) is 0 Å². The molecule has 0 unspecified atom stereocenters. The van der Waals surface area contributed by atoms with Gasteiger partial charge in [-0.15, -0.1) is 11.3 Å². The number of aliphatic carboxylic acids is 1. The topological polar surface area (TPSA) is 70.5 Å². The zero-order chi connectivity index (χ0) is 15.7. The number of carboxylic acids is 1. The third-order valence-electron chi connectivity index (χ3n) is 4.22. The minimum absolute atomic E-state index is 0.0306. The lowest BCUT2D eigenvalue weighted by atomic mass is 10.0. The maximum atomic E-state index is 12.4. The molecule has 2 atom stereocenters. The summed E-state index contributed by atoms with van der Waals surface area (Å²) in [6, 6.07) is 7.91. The Labute approximate surface area is 132 Å². The molecule has 22 heavy (non-hydrogen) atoms. The van der Waals surface area contributed by atoms with E-state index in [2.05, 4.69) is 4.98 Å². The predicted octanol–water partition coefficient (Wildman–Crippen LogP) is 2.76. The summed E-state index contributed by atoms with van der Waals surface area (Å²) >= 11 is 1.59. The van der Waals surface area contributed by atoms with Gasteiger partial charge in [-0.25, -0.2) is 4.98 Å². The van der Waals surface area contributed by atoms with Crippen LogP contribution in [0.2, 0.25) is 0 Å². The van der Waals surface area contributed by atoms with E-state index >= 15 is 0 Å². The zero-order valence-corrected chi connectivity index (χ0v) is 13.2. The smallest absolute Gasteiger partial charge is 0.306 e. The van der Waals surface area contributed by atoms with Crippen LogP contribution in [0.25, 0.3) is 10.2 Å². The number of fused-ring (bicyclic) bond motifs is 1. The van der Waals surface area contributed by atoms with Crippen molar-refractivity contribution in [3.05, 3.63) is 29.3 Å². The summed E-state index contributed by atoms with van der Waals surface area (Å²) in [6.45, 7) is 0.479. The van der Waals surface area contributed by atoms with Crippen molar-refractivity contribution < 1.29 is 14.7 Å². The number of rotatable bonds is 4. The second-order valence-corrected chi connectivity index (χ2v) is 6.93. The fourth-order valence-corrected chi connectivity index (χ4v) is 4.03. The molecule has 5 nitrogen and oxygen atoms in total. The second-order valence-electron chi connectivity index (χ2n) is 5.81. The summed E-state index contributed by atoms with van der Waals surface area (Å²) in [5.74, 6) is -1.29. The van der Waals surface area contributed by atoms with Crippen molar-refractivity contribution in [2.24, 2.45) is 11.8 Å². The SMILES string of the molecule is CN(Cc1nc2ccccc2s1)C(=O)[C@@H]1CC[C@H](C(=O)O)C1. The summed E-state index contributed by atoms with van der Waals surface area (Å²) < 4.78 is 1.12. The largest absolute Gasteiger partial charge is 0.481 e. The number of nitrogens with zero attached hydrogens (tertiary/aromatic N) is 2. The van der Waals surface area contributed by atoms with Crippen molar-refractivity contribution in [2.45, 2.75) is 25.8 Å². The molecule has 116 valence electrons. The molecule has 1 amide bonds. The van der Waals surface area contributed by atoms with Crippen LogP contribution < -0.4 is 0 Å². The minimum atomic E-state index is -0.788. The number of aromatic nitrogens is 1. The van der Waals surface area contributed by atoms with E-state index in [9.17, 15) is 9.59 Å². The van der Waals surface area contributed by atoms with Crippen molar-refractivity contribution in [2.75, 3.05) is 7.05 Å². The van der Waals surface area contributed by atoms with Gasteiger partial charge in [0.1, 0.15) is 5.01 Å². The number of carboxylic acid groups (broad SMARTS) is 1. The normalized spacial score (nSPS) is 21.1. The van der Waals surface area contributed by atoms with Gasteiger partial charge in [-0.3, -0.25) is 9.59 Å².